The Kier molecular flexibility index (Phi) is 1.99. The van der Waals surface area contributed by atoms with E-state index in [9.17, 15) is 0 Å². The zero-order valence-corrected chi connectivity index (χ0v) is 8.54. The van der Waals surface area contributed by atoms with E-state index in [4.69, 9.17) is 0 Å². The zero-order chi connectivity index (χ0) is 9.42. The van der Waals surface area contributed by atoms with Gasteiger partial charge in [0.05, 0.1) is 0 Å². The summed E-state index contributed by atoms with van der Waals surface area (Å²) in [5.41, 5.74) is 4.53. The normalized spacial score (nSPS) is 27.6. The highest BCUT2D eigenvalue weighted by atomic mass is 14.3. The fourth-order valence-electron chi connectivity index (χ4n) is 2.09. The van der Waals surface area contributed by atoms with Gasteiger partial charge in [-0.1, -0.05) is 42.9 Å². The maximum Gasteiger partial charge on any atom is 0.0204 e. The SMILES string of the molecule is CC1=C(C)C(C)C=C1C1C=CC=C1. The third-order valence-electron chi connectivity index (χ3n) is 3.24. The van der Waals surface area contributed by atoms with Crippen LogP contribution in [-0.2, 0) is 0 Å². The highest BCUT2D eigenvalue weighted by Gasteiger charge is 2.21. The first-order chi connectivity index (χ1) is 6.20. The Morgan fingerprint density at radius 3 is 2.15 bits per heavy atom. The molecular weight excluding hydrogens is 156 g/mol. The number of hydrogen-bond donors (Lipinski definition) is 0. The Morgan fingerprint density at radius 1 is 1.08 bits per heavy atom. The molecule has 0 heteroatoms. The van der Waals surface area contributed by atoms with Crippen molar-refractivity contribution in [1.29, 1.82) is 0 Å². The minimum atomic E-state index is 0.542. The van der Waals surface area contributed by atoms with Crippen LogP contribution in [0.25, 0.3) is 0 Å². The summed E-state index contributed by atoms with van der Waals surface area (Å²) in [5, 5.41) is 0. The van der Waals surface area contributed by atoms with Crippen LogP contribution < -0.4 is 0 Å². The molecular formula is C13H16. The minimum absolute atomic E-state index is 0.542. The van der Waals surface area contributed by atoms with Gasteiger partial charge in [0.2, 0.25) is 0 Å². The molecule has 0 heterocycles. The molecule has 0 fully saturated rings. The molecule has 0 N–H and O–H groups in total. The highest BCUT2D eigenvalue weighted by molar-refractivity contribution is 5.48. The van der Waals surface area contributed by atoms with Crippen molar-refractivity contribution in [1.82, 2.24) is 0 Å². The first kappa shape index (κ1) is 8.55. The van der Waals surface area contributed by atoms with Crippen molar-refractivity contribution in [2.45, 2.75) is 20.8 Å². The molecule has 0 aromatic heterocycles. The Morgan fingerprint density at radius 2 is 1.69 bits per heavy atom. The van der Waals surface area contributed by atoms with Gasteiger partial charge in [-0.2, -0.15) is 0 Å². The Labute approximate surface area is 80.3 Å². The van der Waals surface area contributed by atoms with Gasteiger partial charge in [-0.05, 0) is 30.9 Å². The molecule has 0 saturated carbocycles. The molecule has 0 saturated heterocycles. The van der Waals surface area contributed by atoms with Gasteiger partial charge in [-0.15, -0.1) is 0 Å². The standard InChI is InChI=1S/C13H16/c1-9-8-13(11(3)10(9)2)12-6-4-5-7-12/h4-9,12H,1-3H3. The summed E-state index contributed by atoms with van der Waals surface area (Å²) in [4.78, 5) is 0. The zero-order valence-electron chi connectivity index (χ0n) is 8.54. The molecule has 0 amide bonds. The van der Waals surface area contributed by atoms with Crippen molar-refractivity contribution >= 4 is 0 Å². The first-order valence-electron chi connectivity index (χ1n) is 4.94. The Balaban J connectivity index is 2.31. The highest BCUT2D eigenvalue weighted by Crippen LogP contribution is 2.36. The molecule has 0 nitrogen and oxygen atoms in total. The van der Waals surface area contributed by atoms with Crippen LogP contribution in [0.15, 0.2) is 47.1 Å². The maximum atomic E-state index is 2.40. The number of rotatable bonds is 1. The predicted octanol–water partition coefficient (Wildman–Crippen LogP) is 3.64. The van der Waals surface area contributed by atoms with Crippen molar-refractivity contribution in [3.63, 3.8) is 0 Å². The summed E-state index contributed by atoms with van der Waals surface area (Å²) >= 11 is 0. The molecule has 0 radical (unpaired) electrons. The van der Waals surface area contributed by atoms with E-state index in [-0.39, 0.29) is 0 Å². The quantitative estimate of drug-likeness (QED) is 0.566. The Hall–Kier alpha value is -1.04. The minimum Gasteiger partial charge on any atom is -0.0732 e. The molecule has 1 atom stereocenters. The second kappa shape index (κ2) is 3.02. The predicted molar refractivity (Wildman–Crippen MR) is 57.4 cm³/mol. The third-order valence-corrected chi connectivity index (χ3v) is 3.24. The lowest BCUT2D eigenvalue weighted by Gasteiger charge is -2.08. The van der Waals surface area contributed by atoms with Crippen LogP contribution in [-0.4, -0.2) is 0 Å². The van der Waals surface area contributed by atoms with Crippen molar-refractivity contribution in [3.8, 4) is 0 Å². The molecule has 13 heavy (non-hydrogen) atoms. The third kappa shape index (κ3) is 1.31. The van der Waals surface area contributed by atoms with Crippen LogP contribution in [0.1, 0.15) is 20.8 Å². The van der Waals surface area contributed by atoms with E-state index in [0.29, 0.717) is 11.8 Å². The van der Waals surface area contributed by atoms with Crippen LogP contribution in [0, 0.1) is 11.8 Å². The molecule has 0 spiro atoms. The van der Waals surface area contributed by atoms with Crippen molar-refractivity contribution < 1.29 is 0 Å². The topological polar surface area (TPSA) is 0 Å². The molecule has 2 aliphatic rings. The van der Waals surface area contributed by atoms with Crippen LogP contribution in [0.2, 0.25) is 0 Å². The van der Waals surface area contributed by atoms with Gasteiger partial charge in [0.1, 0.15) is 0 Å². The molecule has 0 aromatic carbocycles. The van der Waals surface area contributed by atoms with Crippen LogP contribution in [0.3, 0.4) is 0 Å². The van der Waals surface area contributed by atoms with E-state index in [1.54, 1.807) is 0 Å². The van der Waals surface area contributed by atoms with Crippen molar-refractivity contribution in [2.24, 2.45) is 11.8 Å². The molecule has 68 valence electrons. The first-order valence-corrected chi connectivity index (χ1v) is 4.94. The van der Waals surface area contributed by atoms with Gasteiger partial charge in [0.15, 0.2) is 0 Å². The van der Waals surface area contributed by atoms with E-state index in [1.807, 2.05) is 0 Å². The summed E-state index contributed by atoms with van der Waals surface area (Å²) in [6, 6.07) is 0. The van der Waals surface area contributed by atoms with Gasteiger partial charge in [0.25, 0.3) is 0 Å². The molecule has 2 rings (SSSR count). The fraction of sp³-hybridized carbons (Fsp3) is 0.385. The van der Waals surface area contributed by atoms with Gasteiger partial charge >= 0.3 is 0 Å². The largest absolute Gasteiger partial charge is 0.0732 e. The number of allylic oxidation sites excluding steroid dienone is 8. The Bertz CT molecular complexity index is 325. The second-order valence-corrected chi connectivity index (χ2v) is 4.01. The van der Waals surface area contributed by atoms with E-state index in [1.165, 1.54) is 16.7 Å². The molecule has 0 aromatic rings. The van der Waals surface area contributed by atoms with Gasteiger partial charge < -0.3 is 0 Å². The monoisotopic (exact) mass is 172 g/mol. The summed E-state index contributed by atoms with van der Waals surface area (Å²) < 4.78 is 0. The van der Waals surface area contributed by atoms with Crippen LogP contribution in [0.4, 0.5) is 0 Å². The molecule has 2 aliphatic carbocycles. The van der Waals surface area contributed by atoms with Crippen LogP contribution >= 0.6 is 0 Å². The van der Waals surface area contributed by atoms with Gasteiger partial charge in [0, 0.05) is 5.92 Å². The summed E-state index contributed by atoms with van der Waals surface area (Å²) in [6.07, 6.45) is 11.2. The van der Waals surface area contributed by atoms with E-state index >= 15 is 0 Å². The van der Waals surface area contributed by atoms with Crippen molar-refractivity contribution in [3.05, 3.63) is 47.1 Å². The van der Waals surface area contributed by atoms with Gasteiger partial charge in [-0.25, -0.2) is 0 Å². The fourth-order valence-corrected chi connectivity index (χ4v) is 2.09. The van der Waals surface area contributed by atoms with Crippen LogP contribution in [0.5, 0.6) is 0 Å². The average Bonchev–Trinajstić information content (AvgIpc) is 2.70. The van der Waals surface area contributed by atoms with E-state index in [0.717, 1.165) is 0 Å². The average molecular weight is 172 g/mol. The maximum absolute atomic E-state index is 2.40. The van der Waals surface area contributed by atoms with Crippen molar-refractivity contribution in [2.75, 3.05) is 0 Å². The van der Waals surface area contributed by atoms with Gasteiger partial charge in [-0.3, -0.25) is 0 Å². The lowest BCUT2D eigenvalue weighted by molar-refractivity contribution is 0.872. The summed E-state index contributed by atoms with van der Waals surface area (Å²) in [7, 11) is 0. The molecule has 1 unspecified atom stereocenters. The lowest BCUT2D eigenvalue weighted by Crippen LogP contribution is -1.94. The molecule has 0 aliphatic heterocycles. The van der Waals surface area contributed by atoms with E-state index in [2.05, 4.69) is 51.2 Å². The summed E-state index contributed by atoms with van der Waals surface area (Å²) in [5.74, 6) is 1.18. The van der Waals surface area contributed by atoms with E-state index < -0.39 is 0 Å². The second-order valence-electron chi connectivity index (χ2n) is 4.01. The smallest absolute Gasteiger partial charge is 0.0204 e. The summed E-state index contributed by atoms with van der Waals surface area (Å²) in [6.45, 7) is 6.75. The lowest BCUT2D eigenvalue weighted by atomic mass is 9.96. The number of hydrogen-bond acceptors (Lipinski definition) is 0. The molecule has 0 bridgehead atoms.